The van der Waals surface area contributed by atoms with Gasteiger partial charge in [-0.1, -0.05) is 26.8 Å². The summed E-state index contributed by atoms with van der Waals surface area (Å²) < 4.78 is 105. The Balaban J connectivity index is 2.90. The molecule has 264 valence electrons. The van der Waals surface area contributed by atoms with E-state index in [4.69, 9.17) is 9.47 Å². The molecule has 3 unspecified atom stereocenters. The molecular weight excluding hydrogens is 732 g/mol. The minimum Gasteiger partial charge on any atom is -0.497 e. The Hall–Kier alpha value is -1.46. The van der Waals surface area contributed by atoms with E-state index in [9.17, 15) is 21.6 Å². The van der Waals surface area contributed by atoms with Crippen LogP contribution < -0.4 is 14.2 Å². The van der Waals surface area contributed by atoms with E-state index in [2.05, 4.69) is 30.0 Å². The molecule has 8 nitrogen and oxygen atoms in total. The fraction of sp³-hybridized carbons (Fsp3) is 0.633. The average molecular weight is 780 g/mol. The van der Waals surface area contributed by atoms with Crippen LogP contribution in [0.15, 0.2) is 38.1 Å². The number of aromatic nitrogens is 1. The molecule has 0 radical (unpaired) electrons. The van der Waals surface area contributed by atoms with Crippen molar-refractivity contribution in [3.63, 3.8) is 0 Å². The minimum atomic E-state index is -4.77. The van der Waals surface area contributed by atoms with Crippen LogP contribution in [0.2, 0.25) is 0 Å². The second-order valence-corrected chi connectivity index (χ2v) is 21.3. The molecule has 0 aliphatic carbocycles. The van der Waals surface area contributed by atoms with E-state index in [-0.39, 0.29) is 11.4 Å². The van der Waals surface area contributed by atoms with Crippen molar-refractivity contribution in [2.24, 2.45) is 4.36 Å². The van der Waals surface area contributed by atoms with Gasteiger partial charge in [-0.3, -0.25) is 0 Å². The number of benzene rings is 1. The Bertz CT molecular complexity index is 1500. The molecule has 3 atom stereocenters. The Morgan fingerprint density at radius 2 is 1.63 bits per heavy atom. The number of hydrogen-bond donors (Lipinski definition) is 1. The lowest BCUT2D eigenvalue weighted by Crippen LogP contribution is -2.53. The maximum Gasteiger partial charge on any atom is 0.402 e. The van der Waals surface area contributed by atoms with Crippen LogP contribution in [0.25, 0.3) is 0 Å². The van der Waals surface area contributed by atoms with Gasteiger partial charge < -0.3 is 9.47 Å². The van der Waals surface area contributed by atoms with E-state index < -0.39 is 72.1 Å². The molecular formula is C30H47BrF4N4O4S3. The van der Waals surface area contributed by atoms with Crippen molar-refractivity contribution in [1.82, 2.24) is 14.0 Å². The lowest BCUT2D eigenvalue weighted by Gasteiger charge is -2.40. The SMILES string of the molecule is CCS(CC)(CC)c1cc(Br)nc(C(C)(CS(=O)(=NC)N(Cc2ccc(OC)cc2OC)CC(F)(F)F)NS(=O)C(C)(C)C)c1F. The molecule has 2 rings (SSSR count). The third kappa shape index (κ3) is 9.58. The molecule has 0 fully saturated rings. The van der Waals surface area contributed by atoms with Gasteiger partial charge in [-0.05, 0) is 73.0 Å². The van der Waals surface area contributed by atoms with Crippen molar-refractivity contribution in [2.75, 3.05) is 50.8 Å². The fourth-order valence-corrected chi connectivity index (χ4v) is 11.7. The summed E-state index contributed by atoms with van der Waals surface area (Å²) in [5.41, 5.74) is -1.70. The van der Waals surface area contributed by atoms with E-state index in [0.29, 0.717) is 42.4 Å². The standard InChI is InChI=1S/C30H47BrF4N4O4S3/c1-11-45(12-2,13-3)24-17-25(31)37-27(26(24)32)29(7,38-44(40)28(4,5)6)20-46(41,36-8)39(19-30(33,34)35)18-21-14-15-22(42-9)16-23(21)43-10/h14-17,38H,11-13,18-20H2,1-10H3. The zero-order valence-corrected chi connectivity index (χ0v) is 32.2. The van der Waals surface area contributed by atoms with Crippen LogP contribution in [0, 0.1) is 5.82 Å². The second-order valence-electron chi connectivity index (χ2n) is 11.9. The van der Waals surface area contributed by atoms with E-state index >= 15 is 4.39 Å². The Morgan fingerprint density at radius 3 is 2.09 bits per heavy atom. The first-order valence-electron chi connectivity index (χ1n) is 14.7. The van der Waals surface area contributed by atoms with Crippen LogP contribution in [0.5, 0.6) is 11.5 Å². The molecule has 2 aromatic rings. The lowest BCUT2D eigenvalue weighted by atomic mass is 10.0. The number of rotatable bonds is 15. The minimum absolute atomic E-state index is 0.202. The van der Waals surface area contributed by atoms with E-state index in [1.165, 1.54) is 33.3 Å². The highest BCUT2D eigenvalue weighted by atomic mass is 79.9. The Morgan fingerprint density at radius 1 is 1.04 bits per heavy atom. The Kier molecular flexibility index (Phi) is 14.0. The molecule has 0 bridgehead atoms. The number of methoxy groups -OCH3 is 2. The number of pyridine rings is 1. The van der Waals surface area contributed by atoms with Gasteiger partial charge in [0.05, 0.1) is 41.2 Å². The summed E-state index contributed by atoms with van der Waals surface area (Å²) in [6.07, 6.45) is -4.77. The van der Waals surface area contributed by atoms with Crippen molar-refractivity contribution in [3.8, 4) is 11.5 Å². The van der Waals surface area contributed by atoms with Gasteiger partial charge in [0.2, 0.25) is 0 Å². The summed E-state index contributed by atoms with van der Waals surface area (Å²) in [5.74, 6) is 1.38. The van der Waals surface area contributed by atoms with Crippen molar-refractivity contribution >= 4 is 46.9 Å². The van der Waals surface area contributed by atoms with Crippen LogP contribution in [-0.4, -0.2) is 79.5 Å². The first-order valence-corrected chi connectivity index (χ1v) is 20.4. The third-order valence-corrected chi connectivity index (χ3v) is 17.1. The van der Waals surface area contributed by atoms with Crippen molar-refractivity contribution in [1.29, 1.82) is 0 Å². The number of halogens is 5. The van der Waals surface area contributed by atoms with Gasteiger partial charge in [-0.25, -0.2) is 41.2 Å². The van der Waals surface area contributed by atoms with E-state index in [0.717, 1.165) is 7.05 Å². The monoisotopic (exact) mass is 778 g/mol. The molecule has 0 aliphatic rings. The molecule has 0 spiro atoms. The molecule has 46 heavy (non-hydrogen) atoms. The lowest BCUT2D eigenvalue weighted by molar-refractivity contribution is -0.136. The predicted octanol–water partition coefficient (Wildman–Crippen LogP) is 7.57. The van der Waals surface area contributed by atoms with Crippen molar-refractivity contribution in [2.45, 2.75) is 76.4 Å². The van der Waals surface area contributed by atoms with E-state index in [1.54, 1.807) is 32.9 Å². The smallest absolute Gasteiger partial charge is 0.402 e. The van der Waals surface area contributed by atoms with E-state index in [1.807, 2.05) is 20.8 Å². The number of nitrogens with one attached hydrogen (secondary N) is 1. The highest BCUT2D eigenvalue weighted by Gasteiger charge is 2.44. The zero-order chi connectivity index (χ0) is 35.3. The largest absolute Gasteiger partial charge is 0.497 e. The molecule has 0 aliphatic heterocycles. The van der Waals surface area contributed by atoms with Gasteiger partial charge in [-0.15, -0.1) is 0 Å². The number of nitrogens with zero attached hydrogens (tertiary/aromatic N) is 3. The molecule has 0 amide bonds. The molecule has 1 aromatic heterocycles. The summed E-state index contributed by atoms with van der Waals surface area (Å²) in [6.45, 7) is 10.5. The first kappa shape index (κ1) is 40.7. The highest BCUT2D eigenvalue weighted by Crippen LogP contribution is 2.57. The van der Waals surface area contributed by atoms with Gasteiger partial charge in [0.15, 0.2) is 5.82 Å². The normalized spacial score (nSPS) is 16.4. The molecule has 16 heteroatoms. The van der Waals surface area contributed by atoms with Crippen LogP contribution in [0.4, 0.5) is 17.6 Å². The molecule has 0 saturated carbocycles. The topological polar surface area (TPSA) is 93.1 Å². The fourth-order valence-electron chi connectivity index (χ4n) is 5.02. The molecule has 1 aromatic carbocycles. The van der Waals surface area contributed by atoms with Crippen LogP contribution in [0.3, 0.4) is 0 Å². The number of ether oxygens (including phenoxy) is 2. The van der Waals surface area contributed by atoms with Gasteiger partial charge in [-0.2, -0.15) is 13.2 Å². The number of alkyl halides is 3. The highest BCUT2D eigenvalue weighted by molar-refractivity contribution is 9.10. The quantitative estimate of drug-likeness (QED) is 0.149. The maximum atomic E-state index is 16.9. The number of hydrogen-bond acceptors (Lipinski definition) is 6. The first-order chi connectivity index (χ1) is 21.2. The molecule has 0 saturated heterocycles. The summed E-state index contributed by atoms with van der Waals surface area (Å²) in [7, 11) is -3.56. The summed E-state index contributed by atoms with van der Waals surface area (Å²) in [4.78, 5) is 4.90. The maximum absolute atomic E-state index is 16.9. The third-order valence-electron chi connectivity index (χ3n) is 7.78. The van der Waals surface area contributed by atoms with Gasteiger partial charge in [0, 0.05) is 30.1 Å². The van der Waals surface area contributed by atoms with Crippen molar-refractivity contribution in [3.05, 3.63) is 45.9 Å². The van der Waals surface area contributed by atoms with Gasteiger partial charge in [0.1, 0.15) is 38.3 Å². The summed E-state index contributed by atoms with van der Waals surface area (Å²) in [5, 5.41) is 0. The molecule has 1 heterocycles. The van der Waals surface area contributed by atoms with Crippen LogP contribution >= 0.6 is 26.0 Å². The van der Waals surface area contributed by atoms with Gasteiger partial charge >= 0.3 is 6.18 Å². The van der Waals surface area contributed by atoms with Gasteiger partial charge in [0.25, 0.3) is 0 Å². The summed E-state index contributed by atoms with van der Waals surface area (Å²) >= 11 is 3.42. The zero-order valence-electron chi connectivity index (χ0n) is 28.1. The molecule has 1 N–H and O–H groups in total. The second kappa shape index (κ2) is 15.8. The average Bonchev–Trinajstić information content (AvgIpc) is 2.98. The summed E-state index contributed by atoms with van der Waals surface area (Å²) in [6, 6.07) is 6.22. The van der Waals surface area contributed by atoms with Crippen LogP contribution in [0.1, 0.15) is 59.7 Å². The Labute approximate surface area is 284 Å². The van der Waals surface area contributed by atoms with Crippen LogP contribution in [-0.2, 0) is 33.0 Å². The van der Waals surface area contributed by atoms with Crippen molar-refractivity contribution < 1.29 is 35.5 Å². The predicted molar refractivity (Wildman–Crippen MR) is 185 cm³/mol.